The lowest BCUT2D eigenvalue weighted by molar-refractivity contribution is -0.0134. The van der Waals surface area contributed by atoms with Crippen molar-refractivity contribution in [2.45, 2.75) is 44.6 Å². The topological polar surface area (TPSA) is 19.0 Å². The molecule has 1 aromatic carbocycles. The summed E-state index contributed by atoms with van der Waals surface area (Å²) in [7, 11) is 0. The Morgan fingerprint density at radius 1 is 1.24 bits per heavy atom. The molecule has 5 atom stereocenters. The van der Waals surface area contributed by atoms with E-state index in [1.807, 2.05) is 0 Å². The first-order chi connectivity index (χ1) is 10.3. The molecule has 2 aromatic rings. The standard InChI is InChI=1S/C19H24N2/c1-2-13-9-12-10-16-18-15(7-8-21(11-12)19(13)16)14-5-3-4-6-17(14)20-18/h3-6,12-13,16,19-20H,2,7-11H2,1H3/t12-,13-,16+,19+/m0/s1. The van der Waals surface area contributed by atoms with Gasteiger partial charge >= 0.3 is 0 Å². The molecule has 0 amide bonds. The minimum atomic E-state index is 0.757. The lowest BCUT2D eigenvalue weighted by atomic mass is 9.65. The molecule has 3 aliphatic heterocycles. The minimum absolute atomic E-state index is 0.757. The summed E-state index contributed by atoms with van der Waals surface area (Å²) >= 11 is 0. The van der Waals surface area contributed by atoms with Crippen LogP contribution in [-0.4, -0.2) is 29.0 Å². The fourth-order valence-corrected chi connectivity index (χ4v) is 5.65. The highest BCUT2D eigenvalue weighted by molar-refractivity contribution is 5.85. The van der Waals surface area contributed by atoms with Crippen molar-refractivity contribution in [2.75, 3.05) is 13.1 Å². The summed E-state index contributed by atoms with van der Waals surface area (Å²) in [4.78, 5) is 6.65. The second-order valence-corrected chi connectivity index (χ2v) is 7.41. The first-order valence-electron chi connectivity index (χ1n) is 8.68. The molecule has 0 spiro atoms. The van der Waals surface area contributed by atoms with Crippen molar-refractivity contribution < 1.29 is 0 Å². The quantitative estimate of drug-likeness (QED) is 0.838. The van der Waals surface area contributed by atoms with E-state index >= 15 is 0 Å². The van der Waals surface area contributed by atoms with Crippen molar-refractivity contribution in [3.63, 3.8) is 0 Å². The highest BCUT2D eigenvalue weighted by Crippen LogP contribution is 2.50. The van der Waals surface area contributed by atoms with Gasteiger partial charge in [-0.2, -0.15) is 0 Å². The number of piperidine rings is 2. The molecule has 110 valence electrons. The van der Waals surface area contributed by atoms with Crippen molar-refractivity contribution in [2.24, 2.45) is 11.8 Å². The summed E-state index contributed by atoms with van der Waals surface area (Å²) in [5.74, 6) is 2.61. The molecular formula is C19H24N2. The van der Waals surface area contributed by atoms with Crippen LogP contribution in [0.2, 0.25) is 0 Å². The monoisotopic (exact) mass is 280 g/mol. The van der Waals surface area contributed by atoms with Crippen molar-refractivity contribution in [3.05, 3.63) is 35.5 Å². The lowest BCUT2D eigenvalue weighted by Gasteiger charge is -2.53. The summed E-state index contributed by atoms with van der Waals surface area (Å²) < 4.78 is 0. The van der Waals surface area contributed by atoms with Gasteiger partial charge in [0.2, 0.25) is 0 Å². The molecule has 4 bridgehead atoms. The van der Waals surface area contributed by atoms with Gasteiger partial charge in [-0.1, -0.05) is 31.5 Å². The Bertz CT molecular complexity index is 686. The van der Waals surface area contributed by atoms with Crippen LogP contribution in [0.1, 0.15) is 43.4 Å². The zero-order valence-electron chi connectivity index (χ0n) is 12.8. The Balaban J connectivity index is 1.69. The molecule has 1 saturated carbocycles. The van der Waals surface area contributed by atoms with Crippen LogP contribution in [0, 0.1) is 11.8 Å². The van der Waals surface area contributed by atoms with Crippen LogP contribution < -0.4 is 0 Å². The number of hydrogen-bond acceptors (Lipinski definition) is 1. The zero-order chi connectivity index (χ0) is 14.0. The maximum Gasteiger partial charge on any atom is 0.0459 e. The Morgan fingerprint density at radius 3 is 3.05 bits per heavy atom. The molecule has 1 unspecified atom stereocenters. The van der Waals surface area contributed by atoms with Crippen LogP contribution in [0.25, 0.3) is 10.9 Å². The molecule has 21 heavy (non-hydrogen) atoms. The van der Waals surface area contributed by atoms with E-state index in [1.165, 1.54) is 49.7 Å². The van der Waals surface area contributed by atoms with Crippen LogP contribution in [-0.2, 0) is 6.42 Å². The van der Waals surface area contributed by atoms with Gasteiger partial charge in [-0.15, -0.1) is 0 Å². The lowest BCUT2D eigenvalue weighted by Crippen LogP contribution is -2.56. The average Bonchev–Trinajstić information content (AvgIpc) is 2.86. The van der Waals surface area contributed by atoms with E-state index in [4.69, 9.17) is 0 Å². The number of aromatic amines is 1. The van der Waals surface area contributed by atoms with E-state index < -0.39 is 0 Å². The molecule has 2 nitrogen and oxygen atoms in total. The molecule has 2 saturated heterocycles. The van der Waals surface area contributed by atoms with E-state index in [0.29, 0.717) is 0 Å². The number of benzene rings is 1. The molecule has 1 aromatic heterocycles. The highest BCUT2D eigenvalue weighted by Gasteiger charge is 2.48. The average molecular weight is 280 g/mol. The molecule has 4 heterocycles. The Kier molecular flexibility index (Phi) is 2.55. The minimum Gasteiger partial charge on any atom is -0.358 e. The molecule has 4 aliphatic rings. The maximum atomic E-state index is 3.81. The van der Waals surface area contributed by atoms with Crippen LogP contribution in [0.15, 0.2) is 24.3 Å². The molecular weight excluding hydrogens is 256 g/mol. The van der Waals surface area contributed by atoms with E-state index in [1.54, 1.807) is 11.3 Å². The molecule has 3 fully saturated rings. The van der Waals surface area contributed by atoms with Crippen LogP contribution in [0.4, 0.5) is 0 Å². The molecule has 1 N–H and O–H groups in total. The number of rotatable bonds is 1. The fourth-order valence-electron chi connectivity index (χ4n) is 5.65. The van der Waals surface area contributed by atoms with Crippen molar-refractivity contribution >= 4 is 10.9 Å². The SMILES string of the molecule is CC[C@H]1C[C@H]2C[C@@H]3c4[nH]c5ccccc5c4CCN(C2)[C@H]13. The first-order valence-corrected chi connectivity index (χ1v) is 8.68. The fraction of sp³-hybridized carbons (Fsp3) is 0.579. The van der Waals surface area contributed by atoms with Crippen LogP contribution in [0.5, 0.6) is 0 Å². The number of fused-ring (bicyclic) bond motifs is 4. The smallest absolute Gasteiger partial charge is 0.0459 e. The number of nitrogens with one attached hydrogen (secondary N) is 1. The maximum absolute atomic E-state index is 3.81. The summed E-state index contributed by atoms with van der Waals surface area (Å²) in [6.07, 6.45) is 5.47. The third kappa shape index (κ3) is 1.63. The summed E-state index contributed by atoms with van der Waals surface area (Å²) in [6.45, 7) is 5.02. The number of aromatic nitrogens is 1. The van der Waals surface area contributed by atoms with Gasteiger partial charge in [-0.25, -0.2) is 0 Å². The van der Waals surface area contributed by atoms with Crippen molar-refractivity contribution in [1.29, 1.82) is 0 Å². The van der Waals surface area contributed by atoms with Crippen LogP contribution in [0.3, 0.4) is 0 Å². The normalized spacial score (nSPS) is 37.5. The second-order valence-electron chi connectivity index (χ2n) is 7.41. The Labute approximate surface area is 126 Å². The van der Waals surface area contributed by atoms with Gasteiger partial charge in [0.05, 0.1) is 0 Å². The highest BCUT2D eigenvalue weighted by atomic mass is 15.2. The van der Waals surface area contributed by atoms with E-state index in [-0.39, 0.29) is 0 Å². The molecule has 1 aliphatic carbocycles. The number of para-hydroxylation sites is 1. The third-order valence-electron chi connectivity index (χ3n) is 6.42. The Morgan fingerprint density at radius 2 is 2.14 bits per heavy atom. The van der Waals surface area contributed by atoms with Crippen molar-refractivity contribution in [1.82, 2.24) is 9.88 Å². The molecule has 0 radical (unpaired) electrons. The first kappa shape index (κ1) is 12.3. The largest absolute Gasteiger partial charge is 0.358 e. The van der Waals surface area contributed by atoms with E-state index in [9.17, 15) is 0 Å². The van der Waals surface area contributed by atoms with Gasteiger partial charge in [0, 0.05) is 41.6 Å². The zero-order valence-corrected chi connectivity index (χ0v) is 12.8. The van der Waals surface area contributed by atoms with Crippen molar-refractivity contribution in [3.8, 4) is 0 Å². The summed E-state index contributed by atoms with van der Waals surface area (Å²) in [6, 6.07) is 9.71. The predicted octanol–water partition coefficient (Wildman–Crippen LogP) is 3.93. The van der Waals surface area contributed by atoms with Gasteiger partial charge in [0.1, 0.15) is 0 Å². The van der Waals surface area contributed by atoms with E-state index in [0.717, 1.165) is 23.8 Å². The summed E-state index contributed by atoms with van der Waals surface area (Å²) in [5, 5.41) is 1.48. The van der Waals surface area contributed by atoms with Gasteiger partial charge in [-0.05, 0) is 42.7 Å². The summed E-state index contributed by atoms with van der Waals surface area (Å²) in [5.41, 5.74) is 4.57. The Hall–Kier alpha value is -1.28. The van der Waals surface area contributed by atoms with Crippen LogP contribution >= 0.6 is 0 Å². The number of H-pyrrole nitrogens is 1. The third-order valence-corrected chi connectivity index (χ3v) is 6.42. The van der Waals surface area contributed by atoms with Gasteiger partial charge < -0.3 is 4.98 Å². The van der Waals surface area contributed by atoms with E-state index in [2.05, 4.69) is 41.1 Å². The second kappa shape index (κ2) is 4.36. The van der Waals surface area contributed by atoms with Gasteiger partial charge in [0.25, 0.3) is 0 Å². The van der Waals surface area contributed by atoms with Gasteiger partial charge in [-0.3, -0.25) is 4.90 Å². The number of hydrogen-bond donors (Lipinski definition) is 1. The molecule has 6 rings (SSSR count). The molecule has 2 heteroatoms. The predicted molar refractivity (Wildman–Crippen MR) is 86.6 cm³/mol. The number of nitrogens with zero attached hydrogens (tertiary/aromatic N) is 1. The van der Waals surface area contributed by atoms with Gasteiger partial charge in [0.15, 0.2) is 0 Å².